The van der Waals surface area contributed by atoms with E-state index >= 15 is 0 Å². The molecule has 0 aliphatic carbocycles. The van der Waals surface area contributed by atoms with Gasteiger partial charge in [0.1, 0.15) is 13.2 Å². The number of carbonyl (C=O) groups excluding carboxylic acids is 3. The summed E-state index contributed by atoms with van der Waals surface area (Å²) in [7, 11) is 0. The van der Waals surface area contributed by atoms with Gasteiger partial charge in [-0.2, -0.15) is 0 Å². The number of hydrogen-bond donors (Lipinski definition) is 0. The van der Waals surface area contributed by atoms with Crippen LogP contribution in [0.5, 0.6) is 0 Å². The summed E-state index contributed by atoms with van der Waals surface area (Å²) in [5, 5.41) is 0. The second kappa shape index (κ2) is 67.5. The Morgan fingerprint density at radius 3 is 0.802 bits per heavy atom. The molecule has 0 aromatic heterocycles. The molecule has 0 aliphatic heterocycles. The molecule has 456 valence electrons. The van der Waals surface area contributed by atoms with E-state index in [1.54, 1.807) is 0 Å². The van der Waals surface area contributed by atoms with E-state index in [-0.39, 0.29) is 37.5 Å². The highest BCUT2D eigenvalue weighted by Crippen LogP contribution is 2.14. The Kier molecular flexibility index (Phi) is 63.4. The Morgan fingerprint density at radius 1 is 0.259 bits per heavy atom. The minimum atomic E-state index is -0.819. The van der Waals surface area contributed by atoms with Gasteiger partial charge in [0.25, 0.3) is 0 Å². The molecule has 81 heavy (non-hydrogen) atoms. The summed E-state index contributed by atoms with van der Waals surface area (Å²) in [5.41, 5.74) is 0. The van der Waals surface area contributed by atoms with E-state index < -0.39 is 6.10 Å². The number of esters is 3. The molecule has 6 nitrogen and oxygen atoms in total. The van der Waals surface area contributed by atoms with Crippen molar-refractivity contribution in [3.05, 3.63) is 158 Å². The molecule has 0 bridgehead atoms. The van der Waals surface area contributed by atoms with E-state index in [4.69, 9.17) is 14.2 Å². The summed E-state index contributed by atoms with van der Waals surface area (Å²) in [6.07, 6.45) is 98.2. The lowest BCUT2D eigenvalue weighted by atomic mass is 10.1. The number of ether oxygens (including phenoxy) is 3. The van der Waals surface area contributed by atoms with Gasteiger partial charge in [0, 0.05) is 19.3 Å². The van der Waals surface area contributed by atoms with E-state index in [0.717, 1.165) is 135 Å². The summed E-state index contributed by atoms with van der Waals surface area (Å²) in [4.78, 5) is 38.3. The zero-order valence-electron chi connectivity index (χ0n) is 52.2. The van der Waals surface area contributed by atoms with Crippen LogP contribution in [0, 0.1) is 0 Å². The minimum absolute atomic E-state index is 0.111. The third-order valence-electron chi connectivity index (χ3n) is 13.5. The molecule has 0 spiro atoms. The first-order valence-electron chi connectivity index (χ1n) is 33.0. The van der Waals surface area contributed by atoms with Crippen molar-refractivity contribution < 1.29 is 28.6 Å². The van der Waals surface area contributed by atoms with Crippen molar-refractivity contribution in [3.63, 3.8) is 0 Å². The first-order chi connectivity index (χ1) is 40.0. The van der Waals surface area contributed by atoms with Crippen LogP contribution >= 0.6 is 0 Å². The molecule has 0 saturated carbocycles. The van der Waals surface area contributed by atoms with Crippen LogP contribution in [0.1, 0.15) is 278 Å². The Morgan fingerprint density at radius 2 is 0.494 bits per heavy atom. The van der Waals surface area contributed by atoms with Gasteiger partial charge in [-0.25, -0.2) is 0 Å². The monoisotopic (exact) mass is 1120 g/mol. The van der Waals surface area contributed by atoms with Gasteiger partial charge < -0.3 is 14.2 Å². The lowest BCUT2D eigenvalue weighted by Gasteiger charge is -2.18. The normalized spacial score (nSPS) is 13.2. The van der Waals surface area contributed by atoms with Crippen molar-refractivity contribution in [2.45, 2.75) is 284 Å². The minimum Gasteiger partial charge on any atom is -0.462 e. The molecule has 1 atom stereocenters. The van der Waals surface area contributed by atoms with Crippen molar-refractivity contribution in [1.82, 2.24) is 0 Å². The Hall–Kier alpha value is -4.97. The van der Waals surface area contributed by atoms with Gasteiger partial charge in [0.15, 0.2) is 6.10 Å². The second-order valence-corrected chi connectivity index (χ2v) is 21.3. The first-order valence-corrected chi connectivity index (χ1v) is 33.0. The lowest BCUT2D eigenvalue weighted by molar-refractivity contribution is -0.167. The summed E-state index contributed by atoms with van der Waals surface area (Å²) < 4.78 is 16.9. The van der Waals surface area contributed by atoms with Crippen LogP contribution in [0.25, 0.3) is 0 Å². The molecule has 0 amide bonds. The SMILES string of the molecule is CC/C=C\C/C=C\C/C=C\C/C=C\C/C=C\C/C=C\C/C=C\C/C=C\C/C=C\CCCC(=O)OCC(COC(=O)CCCCCCC/C=C\C/C=C\CCCCC)OC(=O)CCCCCCCCCCC/C=C\C/C=C\CCCCC. The van der Waals surface area contributed by atoms with Crippen LogP contribution < -0.4 is 0 Å². The molecule has 0 saturated heterocycles. The molecule has 0 aromatic rings. The zero-order chi connectivity index (χ0) is 58.5. The maximum atomic E-state index is 12.9. The van der Waals surface area contributed by atoms with Gasteiger partial charge in [0.2, 0.25) is 0 Å². The maximum Gasteiger partial charge on any atom is 0.306 e. The van der Waals surface area contributed by atoms with E-state index in [0.29, 0.717) is 19.3 Å². The number of unbranched alkanes of at least 4 members (excludes halogenated alkanes) is 21. The standard InChI is InChI=1S/C75H120O6/c1-4-7-10-13-16-19-22-25-28-30-32-33-34-35-36-37-38-39-40-41-43-44-47-50-53-56-59-62-65-68-74(77)80-71-72(70-79-73(76)67-64-61-58-55-52-49-46-27-24-21-18-15-12-9-6-3)81-75(78)69-66-63-60-57-54-51-48-45-42-31-29-26-23-20-17-14-11-8-5-2/h7,10,16-21,25-29,32-33,35-36,38-39,41,43,46-47,50,56,59,72H,4-6,8-9,11-15,22-24,30-31,34,37,40,42,44-45,48-49,51-55,57-58,60-71H2,1-3H3/b10-7-,19-16-,20-17-,21-18-,28-25-,29-26-,33-32-,36-35-,39-38-,43-41-,46-27-,50-47-,59-56-. The average Bonchev–Trinajstić information content (AvgIpc) is 3.47. The second-order valence-electron chi connectivity index (χ2n) is 21.3. The molecule has 0 heterocycles. The number of rotatable bonds is 58. The van der Waals surface area contributed by atoms with Gasteiger partial charge in [-0.1, -0.05) is 269 Å². The lowest BCUT2D eigenvalue weighted by Crippen LogP contribution is -2.30. The predicted molar refractivity (Wildman–Crippen MR) is 352 cm³/mol. The molecule has 6 heteroatoms. The van der Waals surface area contributed by atoms with Crippen molar-refractivity contribution >= 4 is 17.9 Å². The molecular formula is C75H120O6. The Bertz CT molecular complexity index is 1810. The third kappa shape index (κ3) is 65.7. The summed E-state index contributed by atoms with van der Waals surface area (Å²) in [6, 6.07) is 0. The highest BCUT2D eigenvalue weighted by atomic mass is 16.6. The van der Waals surface area contributed by atoms with Crippen LogP contribution in [0.4, 0.5) is 0 Å². The van der Waals surface area contributed by atoms with Gasteiger partial charge in [-0.05, 0) is 148 Å². The fraction of sp³-hybridized carbons (Fsp3) is 0.613. The van der Waals surface area contributed by atoms with Gasteiger partial charge in [-0.15, -0.1) is 0 Å². The quantitative estimate of drug-likeness (QED) is 0.0261. The van der Waals surface area contributed by atoms with Crippen LogP contribution in [-0.4, -0.2) is 37.2 Å². The highest BCUT2D eigenvalue weighted by molar-refractivity contribution is 5.71. The third-order valence-corrected chi connectivity index (χ3v) is 13.5. The summed E-state index contributed by atoms with van der Waals surface area (Å²) >= 11 is 0. The first kappa shape index (κ1) is 76.0. The molecule has 0 radical (unpaired) electrons. The Balaban J connectivity index is 4.49. The van der Waals surface area contributed by atoms with Crippen LogP contribution in [0.15, 0.2) is 158 Å². The predicted octanol–water partition coefficient (Wildman–Crippen LogP) is 22.9. The Labute approximate surface area is 499 Å². The van der Waals surface area contributed by atoms with Crippen LogP contribution in [0.2, 0.25) is 0 Å². The van der Waals surface area contributed by atoms with Crippen molar-refractivity contribution in [1.29, 1.82) is 0 Å². The van der Waals surface area contributed by atoms with E-state index in [9.17, 15) is 14.4 Å². The number of allylic oxidation sites excluding steroid dienone is 26. The molecule has 1 unspecified atom stereocenters. The van der Waals surface area contributed by atoms with Gasteiger partial charge in [0.05, 0.1) is 0 Å². The highest BCUT2D eigenvalue weighted by Gasteiger charge is 2.19. The molecule has 0 N–H and O–H groups in total. The van der Waals surface area contributed by atoms with E-state index in [1.807, 2.05) is 0 Å². The zero-order valence-corrected chi connectivity index (χ0v) is 52.2. The fourth-order valence-corrected chi connectivity index (χ4v) is 8.56. The van der Waals surface area contributed by atoms with Crippen molar-refractivity contribution in [2.75, 3.05) is 13.2 Å². The number of hydrogen-bond acceptors (Lipinski definition) is 6. The van der Waals surface area contributed by atoms with E-state index in [1.165, 1.54) is 96.3 Å². The summed E-state index contributed by atoms with van der Waals surface area (Å²) in [5.74, 6) is -0.991. The average molecular weight is 1120 g/mol. The maximum absolute atomic E-state index is 12.9. The largest absolute Gasteiger partial charge is 0.462 e. The van der Waals surface area contributed by atoms with Gasteiger partial charge >= 0.3 is 17.9 Å². The van der Waals surface area contributed by atoms with Gasteiger partial charge in [-0.3, -0.25) is 14.4 Å². The molecule has 0 rings (SSSR count). The smallest absolute Gasteiger partial charge is 0.306 e. The van der Waals surface area contributed by atoms with Crippen molar-refractivity contribution in [2.24, 2.45) is 0 Å². The van der Waals surface area contributed by atoms with Crippen molar-refractivity contribution in [3.8, 4) is 0 Å². The summed E-state index contributed by atoms with van der Waals surface area (Å²) in [6.45, 7) is 6.41. The molecular weight excluding hydrogens is 997 g/mol. The molecule has 0 fully saturated rings. The topological polar surface area (TPSA) is 78.9 Å². The van der Waals surface area contributed by atoms with Crippen LogP contribution in [0.3, 0.4) is 0 Å². The molecule has 0 aliphatic rings. The molecule has 0 aromatic carbocycles. The fourth-order valence-electron chi connectivity index (χ4n) is 8.56. The number of carbonyl (C=O) groups is 3. The van der Waals surface area contributed by atoms with E-state index in [2.05, 4.69) is 179 Å². The van der Waals surface area contributed by atoms with Crippen LogP contribution in [-0.2, 0) is 28.6 Å².